The fourth-order valence-corrected chi connectivity index (χ4v) is 1.37. The number of hydrazine groups is 1. The molecule has 0 aliphatic rings. The third kappa shape index (κ3) is 4.99. The minimum absolute atomic E-state index is 0.381. The molecule has 0 radical (unpaired) electrons. The van der Waals surface area contributed by atoms with Crippen LogP contribution in [0.4, 0.5) is 4.79 Å². The zero-order chi connectivity index (χ0) is 14.6. The highest BCUT2D eigenvalue weighted by molar-refractivity contribution is 5.95. The first-order chi connectivity index (χ1) is 8.69. The van der Waals surface area contributed by atoms with Gasteiger partial charge in [-0.1, -0.05) is 6.07 Å². The Bertz CT molecular complexity index is 490. The molecule has 0 aliphatic heterocycles. The number of aryl methyl sites for hydroxylation is 2. The van der Waals surface area contributed by atoms with Crippen LogP contribution in [0.5, 0.6) is 0 Å². The molecular formula is C14H20N2O3. The summed E-state index contributed by atoms with van der Waals surface area (Å²) in [5.41, 5.74) is 6.53. The van der Waals surface area contributed by atoms with Gasteiger partial charge in [0.2, 0.25) is 0 Å². The van der Waals surface area contributed by atoms with E-state index >= 15 is 0 Å². The van der Waals surface area contributed by atoms with Gasteiger partial charge in [-0.3, -0.25) is 10.2 Å². The molecule has 2 amide bonds. The van der Waals surface area contributed by atoms with E-state index in [9.17, 15) is 9.59 Å². The second-order valence-electron chi connectivity index (χ2n) is 5.38. The first-order valence-electron chi connectivity index (χ1n) is 6.05. The zero-order valence-corrected chi connectivity index (χ0v) is 12.0. The van der Waals surface area contributed by atoms with Crippen LogP contribution < -0.4 is 10.9 Å². The molecule has 0 saturated carbocycles. The third-order valence-electron chi connectivity index (χ3n) is 2.45. The summed E-state index contributed by atoms with van der Waals surface area (Å²) < 4.78 is 5.00. The molecule has 1 rings (SSSR count). The molecule has 104 valence electrons. The molecule has 1 aromatic rings. The number of rotatable bonds is 1. The lowest BCUT2D eigenvalue weighted by molar-refractivity contribution is 0.0483. The van der Waals surface area contributed by atoms with Crippen LogP contribution in [0.2, 0.25) is 0 Å². The predicted octanol–water partition coefficient (Wildman–Crippen LogP) is 2.47. The van der Waals surface area contributed by atoms with Gasteiger partial charge in [0, 0.05) is 5.56 Å². The van der Waals surface area contributed by atoms with Crippen molar-refractivity contribution < 1.29 is 14.3 Å². The SMILES string of the molecule is Cc1ccc(C(=O)NNC(=O)OC(C)(C)C)cc1C. The highest BCUT2D eigenvalue weighted by Crippen LogP contribution is 2.09. The molecule has 0 aromatic heterocycles. The van der Waals surface area contributed by atoms with E-state index in [1.807, 2.05) is 19.9 Å². The summed E-state index contributed by atoms with van der Waals surface area (Å²) >= 11 is 0. The van der Waals surface area contributed by atoms with Gasteiger partial charge in [0.1, 0.15) is 5.60 Å². The molecule has 0 fully saturated rings. The van der Waals surface area contributed by atoms with E-state index in [1.165, 1.54) is 0 Å². The number of hydrogen-bond acceptors (Lipinski definition) is 3. The summed E-state index contributed by atoms with van der Waals surface area (Å²) in [6, 6.07) is 5.33. The van der Waals surface area contributed by atoms with Gasteiger partial charge in [0.15, 0.2) is 0 Å². The van der Waals surface area contributed by atoms with Crippen molar-refractivity contribution >= 4 is 12.0 Å². The number of amides is 2. The lowest BCUT2D eigenvalue weighted by Gasteiger charge is -2.19. The minimum atomic E-state index is -0.690. The van der Waals surface area contributed by atoms with E-state index < -0.39 is 11.7 Å². The average molecular weight is 264 g/mol. The topological polar surface area (TPSA) is 67.4 Å². The van der Waals surface area contributed by atoms with Crippen molar-refractivity contribution in [3.05, 3.63) is 34.9 Å². The van der Waals surface area contributed by atoms with Gasteiger partial charge >= 0.3 is 6.09 Å². The van der Waals surface area contributed by atoms with E-state index in [-0.39, 0.29) is 5.91 Å². The Morgan fingerprint density at radius 1 is 1.05 bits per heavy atom. The van der Waals surface area contributed by atoms with Gasteiger partial charge in [0.25, 0.3) is 5.91 Å². The van der Waals surface area contributed by atoms with Gasteiger partial charge in [-0.25, -0.2) is 10.2 Å². The minimum Gasteiger partial charge on any atom is -0.443 e. The number of benzene rings is 1. The Morgan fingerprint density at radius 3 is 2.21 bits per heavy atom. The van der Waals surface area contributed by atoms with Crippen LogP contribution in [-0.2, 0) is 4.74 Å². The van der Waals surface area contributed by atoms with Gasteiger partial charge < -0.3 is 4.74 Å². The van der Waals surface area contributed by atoms with Gasteiger partial charge in [-0.15, -0.1) is 0 Å². The summed E-state index contributed by atoms with van der Waals surface area (Å²) in [6.45, 7) is 9.14. The number of carbonyl (C=O) groups excluding carboxylic acids is 2. The van der Waals surface area contributed by atoms with Crippen molar-refractivity contribution in [2.45, 2.75) is 40.2 Å². The Hall–Kier alpha value is -2.04. The molecule has 0 saturated heterocycles. The Morgan fingerprint density at radius 2 is 1.68 bits per heavy atom. The lowest BCUT2D eigenvalue weighted by Crippen LogP contribution is -2.44. The van der Waals surface area contributed by atoms with Gasteiger partial charge in [-0.05, 0) is 57.9 Å². The van der Waals surface area contributed by atoms with Crippen molar-refractivity contribution in [2.75, 3.05) is 0 Å². The maximum Gasteiger partial charge on any atom is 0.426 e. The van der Waals surface area contributed by atoms with Crippen molar-refractivity contribution in [3.8, 4) is 0 Å². The average Bonchev–Trinajstić information content (AvgIpc) is 2.27. The summed E-state index contributed by atoms with van der Waals surface area (Å²) in [7, 11) is 0. The fraction of sp³-hybridized carbons (Fsp3) is 0.429. The lowest BCUT2D eigenvalue weighted by atomic mass is 10.1. The second kappa shape index (κ2) is 5.73. The number of nitrogens with one attached hydrogen (secondary N) is 2. The van der Waals surface area contributed by atoms with Gasteiger partial charge in [0.05, 0.1) is 0 Å². The molecule has 19 heavy (non-hydrogen) atoms. The highest BCUT2D eigenvalue weighted by atomic mass is 16.6. The first kappa shape index (κ1) is 15.0. The number of carbonyl (C=O) groups is 2. The standard InChI is InChI=1S/C14H20N2O3/c1-9-6-7-11(8-10(9)2)12(17)15-16-13(18)19-14(3,4)5/h6-8H,1-5H3,(H,15,17)(H,16,18). The van der Waals surface area contributed by atoms with E-state index in [4.69, 9.17) is 4.74 Å². The Labute approximate surface area is 113 Å². The quantitative estimate of drug-likeness (QED) is 0.766. The summed E-state index contributed by atoms with van der Waals surface area (Å²) in [5, 5.41) is 0. The molecule has 0 aliphatic carbocycles. The Kier molecular flexibility index (Phi) is 4.53. The molecule has 0 heterocycles. The van der Waals surface area contributed by atoms with Crippen LogP contribution in [0.15, 0.2) is 18.2 Å². The van der Waals surface area contributed by atoms with Crippen LogP contribution in [0.3, 0.4) is 0 Å². The molecule has 0 spiro atoms. The third-order valence-corrected chi connectivity index (χ3v) is 2.45. The molecule has 0 bridgehead atoms. The van der Waals surface area contributed by atoms with Crippen molar-refractivity contribution in [1.29, 1.82) is 0 Å². The maximum absolute atomic E-state index is 11.8. The number of hydrogen-bond donors (Lipinski definition) is 2. The maximum atomic E-state index is 11.8. The van der Waals surface area contributed by atoms with Crippen LogP contribution in [0.25, 0.3) is 0 Å². The van der Waals surface area contributed by atoms with Crippen LogP contribution in [0, 0.1) is 13.8 Å². The van der Waals surface area contributed by atoms with Crippen LogP contribution in [0.1, 0.15) is 42.3 Å². The first-order valence-corrected chi connectivity index (χ1v) is 6.05. The van der Waals surface area contributed by atoms with E-state index in [1.54, 1.807) is 32.9 Å². The van der Waals surface area contributed by atoms with E-state index in [0.717, 1.165) is 11.1 Å². The van der Waals surface area contributed by atoms with Crippen LogP contribution in [-0.4, -0.2) is 17.6 Å². The monoisotopic (exact) mass is 264 g/mol. The zero-order valence-electron chi connectivity index (χ0n) is 12.0. The highest BCUT2D eigenvalue weighted by Gasteiger charge is 2.16. The van der Waals surface area contributed by atoms with Crippen molar-refractivity contribution in [3.63, 3.8) is 0 Å². The molecule has 2 N–H and O–H groups in total. The molecule has 5 heteroatoms. The second-order valence-corrected chi connectivity index (χ2v) is 5.38. The van der Waals surface area contributed by atoms with Crippen LogP contribution >= 0.6 is 0 Å². The normalized spacial score (nSPS) is 10.8. The van der Waals surface area contributed by atoms with E-state index in [2.05, 4.69) is 10.9 Å². The van der Waals surface area contributed by atoms with Crippen molar-refractivity contribution in [2.24, 2.45) is 0 Å². The predicted molar refractivity (Wildman–Crippen MR) is 72.8 cm³/mol. The summed E-state index contributed by atoms with van der Waals surface area (Å²) in [4.78, 5) is 23.2. The van der Waals surface area contributed by atoms with Gasteiger partial charge in [-0.2, -0.15) is 0 Å². The summed E-state index contributed by atoms with van der Waals surface area (Å²) in [5.74, 6) is -0.381. The largest absolute Gasteiger partial charge is 0.443 e. The van der Waals surface area contributed by atoms with Crippen molar-refractivity contribution in [1.82, 2.24) is 10.9 Å². The molecular weight excluding hydrogens is 244 g/mol. The van der Waals surface area contributed by atoms with E-state index in [0.29, 0.717) is 5.56 Å². The smallest absolute Gasteiger partial charge is 0.426 e. The molecule has 0 unspecified atom stereocenters. The Balaban J connectivity index is 2.56. The fourth-order valence-electron chi connectivity index (χ4n) is 1.37. The number of ether oxygens (including phenoxy) is 1. The molecule has 0 atom stereocenters. The summed E-state index contributed by atoms with van der Waals surface area (Å²) in [6.07, 6.45) is -0.690. The molecule has 1 aromatic carbocycles. The molecule has 5 nitrogen and oxygen atoms in total.